The van der Waals surface area contributed by atoms with Gasteiger partial charge in [-0.05, 0) is 81.8 Å². The zero-order valence-corrected chi connectivity index (χ0v) is 18.6. The molecule has 0 bridgehead atoms. The van der Waals surface area contributed by atoms with Gasteiger partial charge >= 0.3 is 0 Å². The summed E-state index contributed by atoms with van der Waals surface area (Å²) in [7, 11) is 0. The smallest absolute Gasteiger partial charge is 0.204 e. The fourth-order valence-electron chi connectivity index (χ4n) is 4.94. The highest BCUT2D eigenvalue weighted by atomic mass is 19.2. The molecule has 5 heteroatoms. The third kappa shape index (κ3) is 6.32. The van der Waals surface area contributed by atoms with Gasteiger partial charge in [0.05, 0.1) is 19.3 Å². The number of hydrogen-bond acceptors (Lipinski definition) is 3. The molecule has 1 heterocycles. The molecule has 0 radical (unpaired) electrons. The highest BCUT2D eigenvalue weighted by Gasteiger charge is 2.32. The normalized spacial score (nSPS) is 27.1. The molecule has 0 amide bonds. The van der Waals surface area contributed by atoms with Gasteiger partial charge < -0.3 is 14.2 Å². The largest absolute Gasteiger partial charge is 0.491 e. The molecule has 0 aromatic heterocycles. The van der Waals surface area contributed by atoms with E-state index in [0.29, 0.717) is 31.2 Å². The van der Waals surface area contributed by atoms with Crippen LogP contribution in [-0.2, 0) is 4.74 Å². The first-order valence-corrected chi connectivity index (χ1v) is 12.0. The van der Waals surface area contributed by atoms with Gasteiger partial charge in [0.25, 0.3) is 0 Å². The summed E-state index contributed by atoms with van der Waals surface area (Å²) in [4.78, 5) is 0. The van der Waals surface area contributed by atoms with Crippen molar-refractivity contribution in [2.45, 2.75) is 84.2 Å². The lowest BCUT2D eigenvalue weighted by Crippen LogP contribution is -2.34. The lowest BCUT2D eigenvalue weighted by molar-refractivity contribution is -0.0607. The number of benzene rings is 1. The average molecular weight is 425 g/mol. The van der Waals surface area contributed by atoms with Crippen LogP contribution in [0, 0.1) is 29.4 Å². The van der Waals surface area contributed by atoms with Crippen LogP contribution >= 0.6 is 0 Å². The van der Waals surface area contributed by atoms with E-state index in [-0.39, 0.29) is 11.5 Å². The third-order valence-electron chi connectivity index (χ3n) is 6.82. The number of ether oxygens (including phenoxy) is 3. The molecule has 1 aliphatic carbocycles. The SMILES string of the molecule is CCCCCC1CCC(C2CCC(COc3ccc(OCC)c(F)c3F)CC2)OC1. The van der Waals surface area contributed by atoms with Gasteiger partial charge in [-0.25, -0.2) is 0 Å². The van der Waals surface area contributed by atoms with Crippen molar-refractivity contribution in [3.05, 3.63) is 23.8 Å². The molecule has 1 aromatic rings. The first-order valence-electron chi connectivity index (χ1n) is 12.0. The van der Waals surface area contributed by atoms with Gasteiger partial charge in [-0.1, -0.05) is 26.2 Å². The maximum atomic E-state index is 14.2. The summed E-state index contributed by atoms with van der Waals surface area (Å²) in [5, 5.41) is 0. The Labute approximate surface area is 180 Å². The summed E-state index contributed by atoms with van der Waals surface area (Å²) in [6.07, 6.45) is 12.6. The zero-order valence-electron chi connectivity index (χ0n) is 18.6. The molecule has 1 saturated carbocycles. The van der Waals surface area contributed by atoms with Gasteiger partial charge in [-0.2, -0.15) is 8.78 Å². The predicted octanol–water partition coefficient (Wildman–Crippen LogP) is 6.92. The van der Waals surface area contributed by atoms with Crippen molar-refractivity contribution in [2.75, 3.05) is 19.8 Å². The van der Waals surface area contributed by atoms with Gasteiger partial charge in [0.2, 0.25) is 11.6 Å². The van der Waals surface area contributed by atoms with Crippen LogP contribution in [0.15, 0.2) is 12.1 Å². The van der Waals surface area contributed by atoms with Crippen molar-refractivity contribution in [3.8, 4) is 11.5 Å². The van der Waals surface area contributed by atoms with Crippen LogP contribution in [0.3, 0.4) is 0 Å². The van der Waals surface area contributed by atoms with Gasteiger partial charge in [0.1, 0.15) is 0 Å². The first kappa shape index (κ1) is 23.3. The fraction of sp³-hybridized carbons (Fsp3) is 0.760. The summed E-state index contributed by atoms with van der Waals surface area (Å²) in [5.74, 6) is -0.245. The highest BCUT2D eigenvalue weighted by molar-refractivity contribution is 5.35. The van der Waals surface area contributed by atoms with E-state index in [1.807, 2.05) is 0 Å². The maximum Gasteiger partial charge on any atom is 0.204 e. The van der Waals surface area contributed by atoms with Crippen molar-refractivity contribution in [2.24, 2.45) is 17.8 Å². The second kappa shape index (κ2) is 11.9. The minimum atomic E-state index is -0.972. The first-order chi connectivity index (χ1) is 14.6. The Morgan fingerprint density at radius 2 is 1.53 bits per heavy atom. The minimum Gasteiger partial charge on any atom is -0.491 e. The van der Waals surface area contributed by atoms with Gasteiger partial charge in [-0.3, -0.25) is 0 Å². The number of halogens is 2. The third-order valence-corrected chi connectivity index (χ3v) is 6.82. The Morgan fingerprint density at radius 3 is 2.13 bits per heavy atom. The van der Waals surface area contributed by atoms with Crippen LogP contribution in [0.1, 0.15) is 78.1 Å². The van der Waals surface area contributed by atoms with Crippen LogP contribution in [0.5, 0.6) is 11.5 Å². The molecule has 30 heavy (non-hydrogen) atoms. The second-order valence-electron chi connectivity index (χ2n) is 9.03. The van der Waals surface area contributed by atoms with E-state index in [1.165, 1.54) is 50.7 Å². The molecule has 1 aromatic carbocycles. The second-order valence-corrected chi connectivity index (χ2v) is 9.03. The molecule has 1 aliphatic heterocycles. The Hall–Kier alpha value is -1.36. The Morgan fingerprint density at radius 1 is 0.867 bits per heavy atom. The lowest BCUT2D eigenvalue weighted by Gasteiger charge is -2.37. The van der Waals surface area contributed by atoms with Crippen LogP contribution in [0.2, 0.25) is 0 Å². The number of rotatable bonds is 10. The molecule has 1 saturated heterocycles. The monoisotopic (exact) mass is 424 g/mol. The van der Waals surface area contributed by atoms with E-state index in [4.69, 9.17) is 14.2 Å². The summed E-state index contributed by atoms with van der Waals surface area (Å²) in [6.45, 7) is 5.65. The molecular weight excluding hydrogens is 386 g/mol. The van der Waals surface area contributed by atoms with E-state index in [1.54, 1.807) is 6.92 Å². The summed E-state index contributed by atoms with van der Waals surface area (Å²) in [5.41, 5.74) is 0. The van der Waals surface area contributed by atoms with Crippen LogP contribution in [0.25, 0.3) is 0 Å². The number of unbranched alkanes of at least 4 members (excludes halogenated alkanes) is 2. The lowest BCUT2D eigenvalue weighted by atomic mass is 9.77. The van der Waals surface area contributed by atoms with E-state index in [0.717, 1.165) is 38.2 Å². The molecule has 2 fully saturated rings. The molecule has 3 rings (SSSR count). The van der Waals surface area contributed by atoms with Crippen LogP contribution in [-0.4, -0.2) is 25.9 Å². The molecule has 0 spiro atoms. The van der Waals surface area contributed by atoms with Crippen LogP contribution < -0.4 is 9.47 Å². The topological polar surface area (TPSA) is 27.7 Å². The summed E-state index contributed by atoms with van der Waals surface area (Å²) in [6, 6.07) is 2.89. The Bertz CT molecular complexity index is 636. The van der Waals surface area contributed by atoms with Crippen molar-refractivity contribution < 1.29 is 23.0 Å². The van der Waals surface area contributed by atoms with Gasteiger partial charge in [0, 0.05) is 6.61 Å². The van der Waals surface area contributed by atoms with Gasteiger partial charge in [0.15, 0.2) is 11.5 Å². The fourth-order valence-corrected chi connectivity index (χ4v) is 4.94. The molecule has 2 atom stereocenters. The van der Waals surface area contributed by atoms with Crippen molar-refractivity contribution in [3.63, 3.8) is 0 Å². The quantitative estimate of drug-likeness (QED) is 0.381. The van der Waals surface area contributed by atoms with Crippen LogP contribution in [0.4, 0.5) is 8.78 Å². The zero-order chi connectivity index (χ0) is 21.3. The Balaban J connectivity index is 1.38. The minimum absolute atomic E-state index is 0.0252. The predicted molar refractivity (Wildman–Crippen MR) is 115 cm³/mol. The summed E-state index contributed by atoms with van der Waals surface area (Å²) < 4.78 is 45.1. The Kier molecular flexibility index (Phi) is 9.23. The standard InChI is InChI=1S/C25H38F2O3/c1-3-5-6-7-18-10-13-21(29-16-18)20-11-8-19(9-12-20)17-30-23-15-14-22(28-4-2)24(26)25(23)27/h14-15,18-21H,3-13,16-17H2,1-2H3. The van der Waals surface area contributed by atoms with Crippen molar-refractivity contribution in [1.82, 2.24) is 0 Å². The van der Waals surface area contributed by atoms with Crippen molar-refractivity contribution in [1.29, 1.82) is 0 Å². The molecular formula is C25H38F2O3. The molecule has 0 N–H and O–H groups in total. The molecule has 2 aliphatic rings. The molecule has 3 nitrogen and oxygen atoms in total. The van der Waals surface area contributed by atoms with Crippen molar-refractivity contribution >= 4 is 0 Å². The number of hydrogen-bond donors (Lipinski definition) is 0. The summed E-state index contributed by atoms with van der Waals surface area (Å²) >= 11 is 0. The van der Waals surface area contributed by atoms with Gasteiger partial charge in [-0.15, -0.1) is 0 Å². The highest BCUT2D eigenvalue weighted by Crippen LogP contribution is 2.37. The van der Waals surface area contributed by atoms with E-state index in [2.05, 4.69) is 6.92 Å². The van der Waals surface area contributed by atoms with E-state index < -0.39 is 11.6 Å². The maximum absolute atomic E-state index is 14.2. The molecule has 170 valence electrons. The molecule has 2 unspecified atom stereocenters. The van der Waals surface area contributed by atoms with E-state index >= 15 is 0 Å². The average Bonchev–Trinajstić information content (AvgIpc) is 2.78. The van der Waals surface area contributed by atoms with E-state index in [9.17, 15) is 8.78 Å².